The van der Waals surface area contributed by atoms with E-state index in [9.17, 15) is 4.79 Å². The van der Waals surface area contributed by atoms with E-state index >= 15 is 0 Å². The average Bonchev–Trinajstić information content (AvgIpc) is 2.92. The summed E-state index contributed by atoms with van der Waals surface area (Å²) in [6, 6.07) is 7.46. The average molecular weight is 297 g/mol. The Labute approximate surface area is 117 Å². The fraction of sp³-hybridized carbons (Fsp3) is 0. The van der Waals surface area contributed by atoms with Crippen LogP contribution in [0.2, 0.25) is 4.34 Å². The summed E-state index contributed by atoms with van der Waals surface area (Å²) in [6.45, 7) is 0. The van der Waals surface area contributed by atoms with Crippen LogP contribution in [0.5, 0.6) is 0 Å². The van der Waals surface area contributed by atoms with E-state index in [0.717, 1.165) is 16.6 Å². The minimum absolute atomic E-state index is 0.437. The van der Waals surface area contributed by atoms with E-state index in [1.165, 1.54) is 11.3 Å². The molecular weight excluding hydrogens is 291 g/mol. The molecule has 0 spiro atoms. The van der Waals surface area contributed by atoms with Gasteiger partial charge in [0.05, 0.1) is 16.6 Å². The van der Waals surface area contributed by atoms with Crippen LogP contribution in [0.25, 0.3) is 16.6 Å². The van der Waals surface area contributed by atoms with Crippen LogP contribution in [-0.2, 0) is 0 Å². The van der Waals surface area contributed by atoms with Crippen molar-refractivity contribution in [2.45, 2.75) is 0 Å². The van der Waals surface area contributed by atoms with Crippen LogP contribution in [0, 0.1) is 0 Å². The Balaban J connectivity index is 2.23. The predicted octanol–water partition coefficient (Wildman–Crippen LogP) is 4.10. The zero-order valence-electron chi connectivity index (χ0n) is 8.93. The van der Waals surface area contributed by atoms with Gasteiger partial charge in [0.15, 0.2) is 0 Å². The van der Waals surface area contributed by atoms with Gasteiger partial charge in [-0.1, -0.05) is 17.7 Å². The Morgan fingerprint density at radius 2 is 2.17 bits per heavy atom. The fourth-order valence-corrected chi connectivity index (χ4v) is 3.10. The Bertz CT molecular complexity index is 747. The second-order valence-electron chi connectivity index (χ2n) is 3.66. The fourth-order valence-electron chi connectivity index (χ4n) is 1.79. The lowest BCUT2D eigenvalue weighted by molar-refractivity contribution is 0.108. The van der Waals surface area contributed by atoms with Gasteiger partial charge >= 0.3 is 0 Å². The Morgan fingerprint density at radius 1 is 1.33 bits per heavy atom. The quantitative estimate of drug-likeness (QED) is 0.667. The molecule has 3 heterocycles. The molecule has 0 saturated carbocycles. The molecule has 0 aliphatic rings. The number of fused-ring (bicyclic) bond motifs is 1. The summed E-state index contributed by atoms with van der Waals surface area (Å²) in [6.07, 6.45) is 3.58. The van der Waals surface area contributed by atoms with Crippen molar-refractivity contribution >= 4 is 45.3 Å². The highest BCUT2D eigenvalue weighted by Crippen LogP contribution is 2.38. The van der Waals surface area contributed by atoms with E-state index in [1.54, 1.807) is 16.8 Å². The number of carbonyl (C=O) groups excluding carboxylic acids is 1. The number of pyridine rings is 1. The summed E-state index contributed by atoms with van der Waals surface area (Å²) in [7, 11) is 0. The first-order chi connectivity index (χ1) is 8.66. The molecule has 3 aromatic rings. The zero-order chi connectivity index (χ0) is 12.7. The molecule has 0 saturated heterocycles. The summed E-state index contributed by atoms with van der Waals surface area (Å²) < 4.78 is 2.30. The highest BCUT2D eigenvalue weighted by Gasteiger charge is 2.16. The highest BCUT2D eigenvalue weighted by atomic mass is 35.5. The maximum absolute atomic E-state index is 11.1. The monoisotopic (exact) mass is 296 g/mol. The van der Waals surface area contributed by atoms with E-state index in [-0.39, 0.29) is 0 Å². The minimum atomic E-state index is -0.496. The molecule has 0 aliphatic heterocycles. The maximum atomic E-state index is 11.1. The lowest BCUT2D eigenvalue weighted by atomic mass is 10.1. The number of carbonyl (C=O) groups is 1. The SMILES string of the molecule is O=C(Cl)c1cc(-c2cnn3ccccc23)c(Cl)s1. The molecule has 3 rings (SSSR count). The number of aromatic nitrogens is 2. The van der Waals surface area contributed by atoms with Crippen molar-refractivity contribution in [3.8, 4) is 11.1 Å². The van der Waals surface area contributed by atoms with Crippen LogP contribution in [0.3, 0.4) is 0 Å². The first-order valence-corrected chi connectivity index (χ1v) is 6.66. The molecule has 0 atom stereocenters. The lowest BCUT2D eigenvalue weighted by Crippen LogP contribution is -1.83. The Kier molecular flexibility index (Phi) is 2.86. The molecule has 0 unspecified atom stereocenters. The number of thiophene rings is 1. The first kappa shape index (κ1) is 11.7. The molecule has 0 N–H and O–H groups in total. The lowest BCUT2D eigenvalue weighted by Gasteiger charge is -1.96. The zero-order valence-corrected chi connectivity index (χ0v) is 11.3. The van der Waals surface area contributed by atoms with E-state index in [2.05, 4.69) is 5.10 Å². The second-order valence-corrected chi connectivity index (χ2v) is 5.66. The van der Waals surface area contributed by atoms with Crippen LogP contribution in [-0.4, -0.2) is 14.9 Å². The second kappa shape index (κ2) is 4.39. The van der Waals surface area contributed by atoms with Crippen LogP contribution in [0.15, 0.2) is 36.7 Å². The van der Waals surface area contributed by atoms with Gasteiger partial charge in [0.25, 0.3) is 5.24 Å². The molecule has 3 nitrogen and oxygen atoms in total. The molecule has 3 aromatic heterocycles. The standard InChI is InChI=1S/C12H6Cl2N2OS/c13-11(17)10-5-7(12(14)18-10)8-6-15-16-4-2-1-3-9(8)16/h1-6H. The highest BCUT2D eigenvalue weighted by molar-refractivity contribution is 7.20. The number of hydrogen-bond donors (Lipinski definition) is 0. The third kappa shape index (κ3) is 1.82. The molecule has 0 fully saturated rings. The van der Waals surface area contributed by atoms with Crippen molar-refractivity contribution in [1.29, 1.82) is 0 Å². The first-order valence-electron chi connectivity index (χ1n) is 5.09. The molecule has 0 amide bonds. The van der Waals surface area contributed by atoms with Crippen molar-refractivity contribution < 1.29 is 4.79 Å². The third-order valence-electron chi connectivity index (χ3n) is 2.60. The van der Waals surface area contributed by atoms with Gasteiger partial charge in [0.1, 0.15) is 4.34 Å². The molecule has 0 aromatic carbocycles. The van der Waals surface area contributed by atoms with Crippen LogP contribution >= 0.6 is 34.5 Å². The molecule has 6 heteroatoms. The van der Waals surface area contributed by atoms with Crippen LogP contribution < -0.4 is 0 Å². The molecule has 0 aliphatic carbocycles. The van der Waals surface area contributed by atoms with Gasteiger partial charge in [0, 0.05) is 17.3 Å². The summed E-state index contributed by atoms with van der Waals surface area (Å²) in [5.41, 5.74) is 2.61. The predicted molar refractivity (Wildman–Crippen MR) is 73.7 cm³/mol. The van der Waals surface area contributed by atoms with Crippen molar-refractivity contribution in [1.82, 2.24) is 9.61 Å². The van der Waals surface area contributed by atoms with Gasteiger partial charge in [-0.15, -0.1) is 11.3 Å². The van der Waals surface area contributed by atoms with E-state index < -0.39 is 5.24 Å². The normalized spacial score (nSPS) is 11.0. The van der Waals surface area contributed by atoms with Crippen molar-refractivity contribution in [2.24, 2.45) is 0 Å². The number of rotatable bonds is 2. The third-order valence-corrected chi connectivity index (χ3v) is 4.27. The van der Waals surface area contributed by atoms with E-state index in [0.29, 0.717) is 9.21 Å². The van der Waals surface area contributed by atoms with Gasteiger partial charge in [-0.25, -0.2) is 4.52 Å². The van der Waals surface area contributed by atoms with Gasteiger partial charge in [-0.3, -0.25) is 4.79 Å². The Morgan fingerprint density at radius 3 is 2.89 bits per heavy atom. The summed E-state index contributed by atoms with van der Waals surface area (Å²) in [4.78, 5) is 11.6. The molecule has 18 heavy (non-hydrogen) atoms. The summed E-state index contributed by atoms with van der Waals surface area (Å²) in [5.74, 6) is 0. The molecule has 0 radical (unpaired) electrons. The van der Waals surface area contributed by atoms with Crippen LogP contribution in [0.4, 0.5) is 0 Å². The van der Waals surface area contributed by atoms with E-state index in [4.69, 9.17) is 23.2 Å². The number of hydrogen-bond acceptors (Lipinski definition) is 3. The summed E-state index contributed by atoms with van der Waals surface area (Å²) >= 11 is 12.8. The van der Waals surface area contributed by atoms with Crippen molar-refractivity contribution in [3.63, 3.8) is 0 Å². The molecule has 0 bridgehead atoms. The minimum Gasteiger partial charge on any atom is -0.275 e. The smallest absolute Gasteiger partial charge is 0.262 e. The van der Waals surface area contributed by atoms with Crippen molar-refractivity contribution in [2.75, 3.05) is 0 Å². The maximum Gasteiger partial charge on any atom is 0.262 e. The van der Waals surface area contributed by atoms with Gasteiger partial charge in [-0.05, 0) is 29.8 Å². The Hall–Kier alpha value is -1.36. The van der Waals surface area contributed by atoms with E-state index in [1.807, 2.05) is 24.4 Å². The van der Waals surface area contributed by atoms with Crippen LogP contribution in [0.1, 0.15) is 9.67 Å². The number of halogens is 2. The van der Waals surface area contributed by atoms with Gasteiger partial charge in [-0.2, -0.15) is 5.10 Å². The summed E-state index contributed by atoms with van der Waals surface area (Å²) in [5, 5.41) is 3.74. The number of nitrogens with zero attached hydrogens (tertiary/aromatic N) is 2. The molecular formula is C12H6Cl2N2OS. The molecule has 90 valence electrons. The largest absolute Gasteiger partial charge is 0.275 e. The van der Waals surface area contributed by atoms with Crippen molar-refractivity contribution in [3.05, 3.63) is 45.9 Å². The topological polar surface area (TPSA) is 34.4 Å². The van der Waals surface area contributed by atoms with Gasteiger partial charge in [0.2, 0.25) is 0 Å². The van der Waals surface area contributed by atoms with Gasteiger partial charge < -0.3 is 0 Å².